The van der Waals surface area contributed by atoms with E-state index in [2.05, 4.69) is 41.4 Å². The lowest BCUT2D eigenvalue weighted by Crippen LogP contribution is -2.59. The summed E-state index contributed by atoms with van der Waals surface area (Å²) in [5, 5.41) is 36.9. The smallest absolute Gasteiger partial charge is 0.302 e. The third-order valence-electron chi connectivity index (χ3n) is 6.91. The van der Waals surface area contributed by atoms with E-state index in [4.69, 9.17) is 19.3 Å². The number of aliphatic imine (C=N–C) groups is 2. The Balaban J connectivity index is 0.000000208. The number of carbonyl (C=O) groups is 1. The molecule has 212 valence electrons. The summed E-state index contributed by atoms with van der Waals surface area (Å²) in [5.74, 6) is 0.545. The fourth-order valence-corrected chi connectivity index (χ4v) is 6.90. The molecule has 0 aliphatic carbocycles. The summed E-state index contributed by atoms with van der Waals surface area (Å²) in [6, 6.07) is -0.0763. The number of carbonyl (C=O) groups excluding carboxylic acids is 1. The maximum absolute atomic E-state index is 11.0. The molecule has 0 aromatic heterocycles. The Morgan fingerprint density at radius 2 is 1.46 bits per heavy atom. The van der Waals surface area contributed by atoms with Gasteiger partial charge < -0.3 is 40.2 Å². The largest absolute Gasteiger partial charge is 0.463 e. The highest BCUT2D eigenvalue weighted by molar-refractivity contribution is 8.14. The first kappa shape index (κ1) is 30.5. The van der Waals surface area contributed by atoms with Crippen LogP contribution in [0.25, 0.3) is 0 Å². The summed E-state index contributed by atoms with van der Waals surface area (Å²) >= 11 is 3.05. The van der Waals surface area contributed by atoms with E-state index in [0.29, 0.717) is 24.5 Å². The second-order valence-electron chi connectivity index (χ2n) is 9.72. The molecule has 0 unspecified atom stereocenters. The minimum atomic E-state index is -1.07. The van der Waals surface area contributed by atoms with Crippen LogP contribution in [0.2, 0.25) is 0 Å². The van der Waals surface area contributed by atoms with Crippen LogP contribution < -0.4 is 10.6 Å². The van der Waals surface area contributed by atoms with Gasteiger partial charge in [0.05, 0.1) is 24.8 Å². The van der Waals surface area contributed by atoms with Gasteiger partial charge in [0.15, 0.2) is 10.3 Å². The lowest BCUT2D eigenvalue weighted by molar-refractivity contribution is -0.167. The van der Waals surface area contributed by atoms with Gasteiger partial charge in [-0.05, 0) is 24.7 Å². The number of aliphatic hydroxyl groups excluding tert-OH is 3. The monoisotopic (exact) mass is 562 g/mol. The highest BCUT2D eigenvalue weighted by Gasteiger charge is 2.49. The topological polar surface area (TPSA) is 154 Å². The van der Waals surface area contributed by atoms with Crippen molar-refractivity contribution in [3.8, 4) is 0 Å². The second-order valence-corrected chi connectivity index (χ2v) is 11.9. The first-order valence-corrected chi connectivity index (χ1v) is 14.8. The molecule has 4 heterocycles. The number of aliphatic hydroxyl groups is 3. The van der Waals surface area contributed by atoms with Crippen LogP contribution in [-0.2, 0) is 19.0 Å². The van der Waals surface area contributed by atoms with Crippen LogP contribution in [0, 0.1) is 11.8 Å². The molecule has 4 rings (SSSR count). The van der Waals surface area contributed by atoms with Crippen LogP contribution >= 0.6 is 23.5 Å². The van der Waals surface area contributed by atoms with Crippen molar-refractivity contribution in [1.29, 1.82) is 0 Å². The molecule has 0 amide bonds. The number of rotatable bonds is 7. The Hall–Kier alpha value is -1.09. The fourth-order valence-electron chi connectivity index (χ4n) is 4.49. The van der Waals surface area contributed by atoms with E-state index in [9.17, 15) is 15.0 Å². The summed E-state index contributed by atoms with van der Waals surface area (Å²) in [7, 11) is 0. The molecule has 0 aromatic carbocycles. The molecule has 4 aliphatic rings. The Morgan fingerprint density at radius 3 is 2.00 bits per heavy atom. The van der Waals surface area contributed by atoms with Crippen molar-refractivity contribution in [1.82, 2.24) is 10.6 Å². The average molecular weight is 563 g/mol. The molecule has 0 radical (unpaired) electrons. The van der Waals surface area contributed by atoms with E-state index in [0.717, 1.165) is 36.3 Å². The van der Waals surface area contributed by atoms with Crippen molar-refractivity contribution >= 4 is 39.8 Å². The summed E-state index contributed by atoms with van der Waals surface area (Å²) in [6.07, 6.45) is -0.788. The van der Waals surface area contributed by atoms with Gasteiger partial charge in [-0.1, -0.05) is 51.2 Å². The molecule has 4 saturated heterocycles. The minimum absolute atomic E-state index is 0.0324. The maximum Gasteiger partial charge on any atom is 0.302 e. The molecule has 13 heteroatoms. The molecule has 0 saturated carbocycles. The fraction of sp³-hybridized carbons (Fsp3) is 0.875. The van der Waals surface area contributed by atoms with Crippen LogP contribution in [0.4, 0.5) is 0 Å². The summed E-state index contributed by atoms with van der Waals surface area (Å²) in [4.78, 5) is 19.8. The van der Waals surface area contributed by atoms with E-state index in [1.54, 1.807) is 11.8 Å². The zero-order valence-electron chi connectivity index (χ0n) is 22.2. The molecular weight excluding hydrogens is 520 g/mol. The molecule has 0 spiro atoms. The first-order valence-electron chi connectivity index (χ1n) is 13.1. The minimum Gasteiger partial charge on any atom is -0.463 e. The Bertz CT molecular complexity index is 820. The second kappa shape index (κ2) is 14.3. The van der Waals surface area contributed by atoms with Crippen LogP contribution in [0.1, 0.15) is 47.5 Å². The van der Waals surface area contributed by atoms with E-state index in [-0.39, 0.29) is 35.6 Å². The molecule has 4 fully saturated rings. The predicted octanol–water partition coefficient (Wildman–Crippen LogP) is 0.914. The van der Waals surface area contributed by atoms with Gasteiger partial charge in [0, 0.05) is 20.0 Å². The predicted molar refractivity (Wildman–Crippen MR) is 146 cm³/mol. The van der Waals surface area contributed by atoms with Gasteiger partial charge in [0.25, 0.3) is 0 Å². The summed E-state index contributed by atoms with van der Waals surface area (Å²) in [6.45, 7) is 11.6. The Kier molecular flexibility index (Phi) is 11.8. The van der Waals surface area contributed by atoms with E-state index >= 15 is 0 Å². The van der Waals surface area contributed by atoms with Crippen molar-refractivity contribution in [3.05, 3.63) is 0 Å². The molecule has 37 heavy (non-hydrogen) atoms. The standard InChI is InChI=1S/C14H24N2O3S.C10H18N2O4S/c1-5-6-15-14-16-12-9(3)8(2)11(7-18-10(4)17)19-13(12)20-14;1-2-3-11-10-12-6-8(15)7(14)5(4-13)16-9(6)17-10/h8-9,11-13H,5-7H2,1-4H3,(H,15,16);5-9,13-15H,2-4H2,1H3,(H,11,12)/t8-,9-,11+,12+,13+;5-,6-,7-,8-,9-/m01/s1. The van der Waals surface area contributed by atoms with Gasteiger partial charge in [-0.25, -0.2) is 0 Å². The zero-order chi connectivity index (χ0) is 27.1. The quantitative estimate of drug-likeness (QED) is 0.281. The molecular formula is C24H42N4O7S2. The molecule has 5 N–H and O–H groups in total. The first-order chi connectivity index (χ1) is 17.7. The lowest BCUT2D eigenvalue weighted by Gasteiger charge is -2.40. The van der Waals surface area contributed by atoms with Crippen molar-refractivity contribution in [2.24, 2.45) is 21.8 Å². The normalized spacial score (nSPS) is 40.8. The molecule has 11 nitrogen and oxygen atoms in total. The maximum atomic E-state index is 11.0. The van der Waals surface area contributed by atoms with Gasteiger partial charge in [-0.2, -0.15) is 0 Å². The number of ether oxygens (including phenoxy) is 3. The van der Waals surface area contributed by atoms with Crippen molar-refractivity contribution in [2.45, 2.75) is 94.8 Å². The number of fused-ring (bicyclic) bond motifs is 2. The van der Waals surface area contributed by atoms with Gasteiger partial charge in [0.1, 0.15) is 35.8 Å². The number of hydrogen-bond donors (Lipinski definition) is 5. The Labute approximate surface area is 227 Å². The lowest BCUT2D eigenvalue weighted by atomic mass is 9.83. The summed E-state index contributed by atoms with van der Waals surface area (Å²) in [5.41, 5.74) is -0.237. The van der Waals surface area contributed by atoms with E-state index in [1.165, 1.54) is 18.7 Å². The number of nitrogens with zero attached hydrogens (tertiary/aromatic N) is 2. The van der Waals surface area contributed by atoms with Crippen molar-refractivity contribution in [2.75, 3.05) is 26.3 Å². The van der Waals surface area contributed by atoms with Crippen LogP contribution in [0.15, 0.2) is 9.98 Å². The molecule has 4 aliphatic heterocycles. The van der Waals surface area contributed by atoms with E-state index < -0.39 is 18.3 Å². The van der Waals surface area contributed by atoms with E-state index in [1.807, 2.05) is 6.92 Å². The van der Waals surface area contributed by atoms with Crippen molar-refractivity contribution in [3.63, 3.8) is 0 Å². The molecule has 0 bridgehead atoms. The van der Waals surface area contributed by atoms with Gasteiger partial charge in [-0.15, -0.1) is 0 Å². The van der Waals surface area contributed by atoms with Gasteiger partial charge in [0.2, 0.25) is 0 Å². The highest BCUT2D eigenvalue weighted by Crippen LogP contribution is 2.39. The van der Waals surface area contributed by atoms with Crippen molar-refractivity contribution < 1.29 is 34.3 Å². The van der Waals surface area contributed by atoms with Crippen LogP contribution in [0.5, 0.6) is 0 Å². The third-order valence-corrected chi connectivity index (χ3v) is 9.12. The number of thioether (sulfide) groups is 2. The zero-order valence-corrected chi connectivity index (χ0v) is 23.8. The SMILES string of the molecule is CCCN=C1N[C@@H]2[C@@H](C)[C@H](C)[C@@H](COC(C)=O)O[C@@H]2S1.CCCN=C1N[C@@H]2[C@@H](O)[C@H](O)[C@@H](CO)O[C@@H]2S1. The van der Waals surface area contributed by atoms with Gasteiger partial charge >= 0.3 is 5.97 Å². The summed E-state index contributed by atoms with van der Waals surface area (Å²) < 4.78 is 16.7. The average Bonchev–Trinajstić information content (AvgIpc) is 3.49. The molecule has 0 aromatic rings. The number of amidine groups is 2. The Morgan fingerprint density at radius 1 is 0.919 bits per heavy atom. The number of nitrogens with one attached hydrogen (secondary N) is 2. The van der Waals surface area contributed by atoms with Gasteiger partial charge in [-0.3, -0.25) is 14.8 Å². The number of hydrogen-bond acceptors (Lipinski definition) is 11. The highest BCUT2D eigenvalue weighted by atomic mass is 32.2. The molecule has 10 atom stereocenters. The van der Waals surface area contributed by atoms with Crippen LogP contribution in [0.3, 0.4) is 0 Å². The third kappa shape index (κ3) is 7.74. The van der Waals surface area contributed by atoms with Crippen LogP contribution in [-0.4, -0.2) is 105 Å². The number of esters is 1.